The van der Waals surface area contributed by atoms with Gasteiger partial charge in [0.1, 0.15) is 0 Å². The molecule has 0 aliphatic carbocycles. The molecular formula is C54H85BN2Si2. The molecule has 0 saturated heterocycles. The average molecular weight is 829 g/mol. The van der Waals surface area contributed by atoms with Gasteiger partial charge < -0.3 is 9.80 Å². The van der Waals surface area contributed by atoms with Crippen molar-refractivity contribution < 1.29 is 0 Å². The summed E-state index contributed by atoms with van der Waals surface area (Å²) >= 11 is 0. The van der Waals surface area contributed by atoms with Crippen molar-refractivity contribution in [3.8, 4) is 0 Å². The van der Waals surface area contributed by atoms with E-state index in [4.69, 9.17) is 0 Å². The Kier molecular flexibility index (Phi) is 30.4. The lowest BCUT2D eigenvalue weighted by molar-refractivity contribution is 1.25. The van der Waals surface area contributed by atoms with E-state index in [1.54, 1.807) is 0 Å². The second-order valence-corrected chi connectivity index (χ2v) is 27.7. The van der Waals surface area contributed by atoms with E-state index in [2.05, 4.69) is 190 Å². The van der Waals surface area contributed by atoms with Crippen molar-refractivity contribution >= 4 is 73.4 Å². The molecule has 322 valence electrons. The molecule has 2 nitrogen and oxygen atoms in total. The molecule has 7 rings (SSSR count). The Labute approximate surface area is 368 Å². The summed E-state index contributed by atoms with van der Waals surface area (Å²) in [7, 11) is -1.22. The predicted octanol–water partition coefficient (Wildman–Crippen LogP) is 16.9. The van der Waals surface area contributed by atoms with Gasteiger partial charge in [0, 0.05) is 50.3 Å². The lowest BCUT2D eigenvalue weighted by Gasteiger charge is -2.44. The molecule has 0 aromatic heterocycles. The second-order valence-electron chi connectivity index (χ2n) is 15.7. The first-order valence-corrected chi connectivity index (χ1v) is 30.6. The van der Waals surface area contributed by atoms with Gasteiger partial charge in [-0.2, -0.15) is 0 Å². The number of hydrogen-bond donors (Lipinski definition) is 0. The number of benzene rings is 5. The molecule has 0 spiro atoms. The summed E-state index contributed by atoms with van der Waals surface area (Å²) in [6.07, 6.45) is 8.00. The van der Waals surface area contributed by atoms with Crippen LogP contribution in [-0.4, -0.2) is 22.9 Å². The summed E-state index contributed by atoms with van der Waals surface area (Å²) in [6, 6.07) is 45.9. The number of fused-ring (bicyclic) bond motifs is 4. The quantitative estimate of drug-likeness (QED) is 0.129. The van der Waals surface area contributed by atoms with E-state index in [1.807, 2.05) is 107 Å². The van der Waals surface area contributed by atoms with E-state index in [9.17, 15) is 0 Å². The lowest BCUT2D eigenvalue weighted by atomic mass is 9.33. The molecule has 2 heterocycles. The molecule has 5 aromatic rings. The van der Waals surface area contributed by atoms with Crippen LogP contribution >= 0.6 is 0 Å². The Morgan fingerprint density at radius 2 is 0.610 bits per heavy atom. The van der Waals surface area contributed by atoms with Gasteiger partial charge in [0.2, 0.25) is 0 Å². The fourth-order valence-corrected chi connectivity index (χ4v) is 5.77. The standard InChI is InChI=1S/C30H21BN2.C6H10.2C4H12Si.5C2H6/c1-3-12-22(13-4-1)32-26-18-9-7-16-24(26)31-25-17-8-10-19-27(25)33(23-14-5-2-6-15-23)29-21-11-20-28(32)30(29)31;1-3-5-6-4-2;2*1-5(2,3)4;5*1-2/h1-21H;3-6H,1-2H3;2*1-4H3;5*1-2H3/b;5-3-,6-4-;;;;;;;. The number of anilines is 6. The lowest BCUT2D eigenvalue weighted by Crippen LogP contribution is -2.61. The molecule has 0 unspecified atom stereocenters. The number of nitrogens with zero attached hydrogens (tertiary/aromatic N) is 2. The van der Waals surface area contributed by atoms with Gasteiger partial charge in [-0.3, -0.25) is 0 Å². The van der Waals surface area contributed by atoms with Crippen LogP contribution in [0.3, 0.4) is 0 Å². The highest BCUT2D eigenvalue weighted by Gasteiger charge is 2.42. The molecule has 0 N–H and O–H groups in total. The molecular weight excluding hydrogens is 744 g/mol. The van der Waals surface area contributed by atoms with E-state index < -0.39 is 16.1 Å². The molecule has 59 heavy (non-hydrogen) atoms. The Morgan fingerprint density at radius 3 is 0.898 bits per heavy atom. The Hall–Kier alpha value is -4.32. The molecule has 0 fully saturated rings. The molecule has 0 radical (unpaired) electrons. The first-order valence-electron chi connectivity index (χ1n) is 22.6. The van der Waals surface area contributed by atoms with Crippen molar-refractivity contribution in [2.45, 2.75) is 135 Å². The summed E-state index contributed by atoms with van der Waals surface area (Å²) in [5.41, 5.74) is 11.4. The normalized spacial score (nSPS) is 11.2. The fourth-order valence-electron chi connectivity index (χ4n) is 5.77. The smallest absolute Gasteiger partial charge is 0.252 e. The fraction of sp³-hybridized carbons (Fsp3) is 0.370. The van der Waals surface area contributed by atoms with Gasteiger partial charge in [-0.15, -0.1) is 0 Å². The minimum Gasteiger partial charge on any atom is -0.311 e. The number of allylic oxidation sites excluding steroid dienone is 4. The highest BCUT2D eigenvalue weighted by molar-refractivity contribution is 7.00. The zero-order valence-corrected chi connectivity index (χ0v) is 43.4. The van der Waals surface area contributed by atoms with Gasteiger partial charge in [0.05, 0.1) is 0 Å². The molecule has 0 atom stereocenters. The maximum absolute atomic E-state index is 2.42. The summed E-state index contributed by atoms with van der Waals surface area (Å²) < 4.78 is 0. The van der Waals surface area contributed by atoms with Gasteiger partial charge in [-0.1, -0.05) is 225 Å². The summed E-state index contributed by atoms with van der Waals surface area (Å²) in [6.45, 7) is 42.8. The highest BCUT2D eigenvalue weighted by atomic mass is 28.3. The summed E-state index contributed by atoms with van der Waals surface area (Å²) in [4.78, 5) is 4.84. The minimum atomic E-state index is -0.611. The average Bonchev–Trinajstić information content (AvgIpc) is 3.26. The minimum absolute atomic E-state index is 0.198. The SMILES string of the molecule is C/C=C\C=C/C.CC.CC.CC.CC.CC.C[Si](C)(C)C.C[Si](C)(C)C.c1ccc(N2c3ccccc3B3c4ccccc4N(c4ccccc4)c4cccc2c43)cc1. The maximum atomic E-state index is 2.42. The Balaban J connectivity index is 0. The van der Waals surface area contributed by atoms with Crippen LogP contribution in [0.4, 0.5) is 34.1 Å². The van der Waals surface area contributed by atoms with Gasteiger partial charge in [-0.05, 0) is 78.8 Å². The first-order chi connectivity index (χ1) is 28.3. The summed E-state index contributed by atoms with van der Waals surface area (Å²) in [5, 5.41) is 0. The second kappa shape index (κ2) is 31.6. The van der Waals surface area contributed by atoms with Gasteiger partial charge in [0.25, 0.3) is 6.71 Å². The summed E-state index contributed by atoms with van der Waals surface area (Å²) in [5.74, 6) is 0. The molecule has 2 aliphatic rings. The van der Waals surface area contributed by atoms with Crippen molar-refractivity contribution in [1.82, 2.24) is 0 Å². The van der Waals surface area contributed by atoms with E-state index in [-0.39, 0.29) is 6.71 Å². The third-order valence-corrected chi connectivity index (χ3v) is 7.33. The number of rotatable bonds is 3. The van der Waals surface area contributed by atoms with Crippen LogP contribution in [0.1, 0.15) is 83.1 Å². The van der Waals surface area contributed by atoms with E-state index in [0.29, 0.717) is 0 Å². The van der Waals surface area contributed by atoms with Gasteiger partial charge in [-0.25, -0.2) is 0 Å². The molecule has 0 saturated carbocycles. The van der Waals surface area contributed by atoms with Crippen molar-refractivity contribution in [3.05, 3.63) is 152 Å². The third-order valence-electron chi connectivity index (χ3n) is 7.33. The number of hydrogen-bond acceptors (Lipinski definition) is 2. The predicted molar refractivity (Wildman–Crippen MR) is 285 cm³/mol. The van der Waals surface area contributed by atoms with Crippen LogP contribution in [-0.2, 0) is 0 Å². The van der Waals surface area contributed by atoms with Crippen LogP contribution in [0.25, 0.3) is 0 Å². The van der Waals surface area contributed by atoms with E-state index >= 15 is 0 Å². The molecule has 2 aliphatic heterocycles. The molecule has 0 bridgehead atoms. The zero-order valence-electron chi connectivity index (χ0n) is 41.4. The first kappa shape index (κ1) is 56.8. The Morgan fingerprint density at radius 1 is 0.356 bits per heavy atom. The molecule has 5 heteroatoms. The van der Waals surface area contributed by atoms with Crippen LogP contribution in [0.2, 0.25) is 52.4 Å². The van der Waals surface area contributed by atoms with Crippen molar-refractivity contribution in [1.29, 1.82) is 0 Å². The van der Waals surface area contributed by atoms with Crippen molar-refractivity contribution in [2.75, 3.05) is 9.80 Å². The van der Waals surface area contributed by atoms with Crippen molar-refractivity contribution in [3.63, 3.8) is 0 Å². The topological polar surface area (TPSA) is 6.48 Å². The highest BCUT2D eigenvalue weighted by Crippen LogP contribution is 2.43. The van der Waals surface area contributed by atoms with Crippen LogP contribution in [0, 0.1) is 0 Å². The molecule has 0 amide bonds. The Bertz CT molecular complexity index is 1700. The van der Waals surface area contributed by atoms with Crippen molar-refractivity contribution in [2.24, 2.45) is 0 Å². The zero-order chi connectivity index (χ0) is 45.6. The van der Waals surface area contributed by atoms with Gasteiger partial charge in [0.15, 0.2) is 0 Å². The third kappa shape index (κ3) is 19.1. The van der Waals surface area contributed by atoms with E-state index in [0.717, 1.165) is 0 Å². The monoisotopic (exact) mass is 829 g/mol. The van der Waals surface area contributed by atoms with Crippen LogP contribution in [0.5, 0.6) is 0 Å². The van der Waals surface area contributed by atoms with Gasteiger partial charge >= 0.3 is 0 Å². The number of para-hydroxylation sites is 4. The largest absolute Gasteiger partial charge is 0.311 e. The van der Waals surface area contributed by atoms with E-state index in [1.165, 1.54) is 50.5 Å². The van der Waals surface area contributed by atoms with Crippen LogP contribution in [0.15, 0.2) is 152 Å². The maximum Gasteiger partial charge on any atom is 0.252 e. The van der Waals surface area contributed by atoms with Crippen LogP contribution < -0.4 is 26.2 Å². The molecule has 5 aromatic carbocycles.